The summed E-state index contributed by atoms with van der Waals surface area (Å²) in [5, 5.41) is 9.44. The topological polar surface area (TPSA) is 100 Å². The van der Waals surface area contributed by atoms with Crippen LogP contribution in [0, 0.1) is 0 Å². The van der Waals surface area contributed by atoms with E-state index in [2.05, 4.69) is 4.98 Å². The SMILES string of the molecule is CN(c1ccccc1)S(=O)(=O)c1ccccc1C(=O)N(CCO)CCOc1ccccn1. The number of anilines is 1. The molecule has 9 heteroatoms. The number of para-hydroxylation sites is 1. The zero-order valence-corrected chi connectivity index (χ0v) is 18.5. The Balaban J connectivity index is 1.83. The van der Waals surface area contributed by atoms with Crippen LogP contribution in [-0.4, -0.2) is 62.7 Å². The second kappa shape index (κ2) is 10.7. The van der Waals surface area contributed by atoms with Gasteiger partial charge < -0.3 is 14.7 Å². The van der Waals surface area contributed by atoms with Gasteiger partial charge in [0, 0.05) is 25.9 Å². The summed E-state index contributed by atoms with van der Waals surface area (Å²) in [6.45, 7) is 0.0575. The summed E-state index contributed by atoms with van der Waals surface area (Å²) in [7, 11) is -2.55. The highest BCUT2D eigenvalue weighted by Gasteiger charge is 2.28. The fourth-order valence-corrected chi connectivity index (χ4v) is 4.47. The van der Waals surface area contributed by atoms with Crippen LogP contribution in [0.25, 0.3) is 0 Å². The van der Waals surface area contributed by atoms with E-state index >= 15 is 0 Å². The van der Waals surface area contributed by atoms with Crippen LogP contribution in [0.4, 0.5) is 5.69 Å². The van der Waals surface area contributed by atoms with Crippen molar-refractivity contribution in [3.8, 4) is 5.88 Å². The van der Waals surface area contributed by atoms with Gasteiger partial charge in [-0.2, -0.15) is 0 Å². The summed E-state index contributed by atoms with van der Waals surface area (Å²) in [5.41, 5.74) is 0.507. The van der Waals surface area contributed by atoms with Crippen LogP contribution in [-0.2, 0) is 10.0 Å². The van der Waals surface area contributed by atoms with Gasteiger partial charge in [0.25, 0.3) is 15.9 Å². The Bertz CT molecular complexity index is 1120. The summed E-state index contributed by atoms with van der Waals surface area (Å²) in [6, 6.07) is 19.9. The average Bonchev–Trinajstić information content (AvgIpc) is 2.83. The molecule has 0 unspecified atom stereocenters. The van der Waals surface area contributed by atoms with Crippen LogP contribution >= 0.6 is 0 Å². The summed E-state index contributed by atoms with van der Waals surface area (Å²) in [4.78, 5) is 18.6. The molecule has 0 saturated carbocycles. The zero-order chi connectivity index (χ0) is 23.0. The molecule has 2 aromatic carbocycles. The number of hydrogen-bond donors (Lipinski definition) is 1. The third kappa shape index (κ3) is 5.43. The molecule has 0 radical (unpaired) electrons. The molecule has 3 aromatic rings. The Morgan fingerprint density at radius 1 is 0.969 bits per heavy atom. The van der Waals surface area contributed by atoms with E-state index in [9.17, 15) is 18.3 Å². The van der Waals surface area contributed by atoms with Gasteiger partial charge in [-0.25, -0.2) is 13.4 Å². The number of carbonyl (C=O) groups is 1. The fourth-order valence-electron chi connectivity index (χ4n) is 3.09. The lowest BCUT2D eigenvalue weighted by atomic mass is 10.2. The molecule has 168 valence electrons. The second-order valence-corrected chi connectivity index (χ2v) is 8.77. The minimum absolute atomic E-state index is 0.0292. The van der Waals surface area contributed by atoms with E-state index in [-0.39, 0.29) is 36.8 Å². The highest BCUT2D eigenvalue weighted by Crippen LogP contribution is 2.25. The molecule has 32 heavy (non-hydrogen) atoms. The lowest BCUT2D eigenvalue weighted by Gasteiger charge is -2.25. The standard InChI is InChI=1S/C23H25N3O5S/c1-25(19-9-3-2-4-10-19)32(29,30)21-12-6-5-11-20(21)23(28)26(15-17-27)16-18-31-22-13-7-8-14-24-22/h2-14,27H,15-18H2,1H3. The zero-order valence-electron chi connectivity index (χ0n) is 17.7. The first-order chi connectivity index (χ1) is 15.4. The number of pyridine rings is 1. The van der Waals surface area contributed by atoms with Gasteiger partial charge in [-0.3, -0.25) is 9.10 Å². The third-order valence-corrected chi connectivity index (χ3v) is 6.63. The monoisotopic (exact) mass is 455 g/mol. The maximum atomic E-state index is 13.3. The minimum atomic E-state index is -4.00. The number of rotatable bonds is 10. The predicted molar refractivity (Wildman–Crippen MR) is 121 cm³/mol. The maximum Gasteiger partial charge on any atom is 0.264 e. The Morgan fingerprint density at radius 3 is 2.34 bits per heavy atom. The van der Waals surface area contributed by atoms with Gasteiger partial charge >= 0.3 is 0 Å². The van der Waals surface area contributed by atoms with Crippen molar-refractivity contribution in [2.24, 2.45) is 0 Å². The number of aromatic nitrogens is 1. The number of aliphatic hydroxyl groups is 1. The molecule has 0 aliphatic heterocycles. The first-order valence-electron chi connectivity index (χ1n) is 10.0. The number of amides is 1. The highest BCUT2D eigenvalue weighted by atomic mass is 32.2. The Labute approximate surface area is 187 Å². The van der Waals surface area contributed by atoms with Crippen LogP contribution in [0.2, 0.25) is 0 Å². The van der Waals surface area contributed by atoms with Crippen LogP contribution < -0.4 is 9.04 Å². The molecule has 0 saturated heterocycles. The molecular weight excluding hydrogens is 430 g/mol. The van der Waals surface area contributed by atoms with Gasteiger partial charge in [-0.15, -0.1) is 0 Å². The van der Waals surface area contributed by atoms with Crippen LogP contribution in [0.15, 0.2) is 83.9 Å². The predicted octanol–water partition coefficient (Wildman–Crippen LogP) is 2.42. The number of benzene rings is 2. The van der Waals surface area contributed by atoms with Gasteiger partial charge in [0.05, 0.1) is 24.4 Å². The minimum Gasteiger partial charge on any atom is -0.476 e. The van der Waals surface area contributed by atoms with E-state index in [1.54, 1.807) is 66.9 Å². The van der Waals surface area contributed by atoms with Gasteiger partial charge in [0.2, 0.25) is 5.88 Å². The molecule has 1 heterocycles. The number of ether oxygens (including phenoxy) is 1. The smallest absolute Gasteiger partial charge is 0.264 e. The molecular formula is C23H25N3O5S. The highest BCUT2D eigenvalue weighted by molar-refractivity contribution is 7.92. The molecule has 0 aliphatic rings. The van der Waals surface area contributed by atoms with Gasteiger partial charge in [-0.05, 0) is 30.3 Å². The molecule has 1 amide bonds. The quantitative estimate of drug-likeness (QED) is 0.504. The van der Waals surface area contributed by atoms with E-state index in [0.29, 0.717) is 11.6 Å². The first kappa shape index (κ1) is 23.2. The van der Waals surface area contributed by atoms with Crippen molar-refractivity contribution in [3.63, 3.8) is 0 Å². The van der Waals surface area contributed by atoms with E-state index in [4.69, 9.17) is 4.74 Å². The Hall–Kier alpha value is -3.43. The number of carbonyl (C=O) groups excluding carboxylic acids is 1. The molecule has 3 rings (SSSR count). The van der Waals surface area contributed by atoms with Crippen molar-refractivity contribution in [3.05, 3.63) is 84.6 Å². The number of nitrogens with zero attached hydrogens (tertiary/aromatic N) is 3. The maximum absolute atomic E-state index is 13.3. The summed E-state index contributed by atoms with van der Waals surface area (Å²) >= 11 is 0. The largest absolute Gasteiger partial charge is 0.476 e. The van der Waals surface area contributed by atoms with Gasteiger partial charge in [0.1, 0.15) is 11.5 Å². The van der Waals surface area contributed by atoms with Crippen molar-refractivity contribution < 1.29 is 23.1 Å². The molecule has 0 aliphatic carbocycles. The number of aliphatic hydroxyl groups excluding tert-OH is 1. The number of sulfonamides is 1. The van der Waals surface area contributed by atoms with Crippen LogP contribution in [0.5, 0.6) is 5.88 Å². The molecule has 0 fully saturated rings. The molecule has 1 aromatic heterocycles. The summed E-state index contributed by atoms with van der Waals surface area (Å²) in [5.74, 6) is -0.0966. The summed E-state index contributed by atoms with van der Waals surface area (Å²) in [6.07, 6.45) is 1.59. The molecule has 8 nitrogen and oxygen atoms in total. The third-order valence-electron chi connectivity index (χ3n) is 4.78. The second-order valence-electron chi connectivity index (χ2n) is 6.84. The lowest BCUT2D eigenvalue weighted by Crippen LogP contribution is -2.38. The average molecular weight is 456 g/mol. The first-order valence-corrected chi connectivity index (χ1v) is 11.5. The van der Waals surface area contributed by atoms with Gasteiger partial charge in [-0.1, -0.05) is 36.4 Å². The molecule has 0 bridgehead atoms. The summed E-state index contributed by atoms with van der Waals surface area (Å²) < 4.78 is 33.3. The number of hydrogen-bond acceptors (Lipinski definition) is 6. The van der Waals surface area contributed by atoms with E-state index in [1.807, 2.05) is 0 Å². The van der Waals surface area contributed by atoms with Crippen LogP contribution in [0.1, 0.15) is 10.4 Å². The van der Waals surface area contributed by atoms with Gasteiger partial charge in [0.15, 0.2) is 0 Å². The molecule has 0 spiro atoms. The van der Waals surface area contributed by atoms with Crippen molar-refractivity contribution >= 4 is 21.6 Å². The van der Waals surface area contributed by atoms with E-state index in [0.717, 1.165) is 4.31 Å². The normalized spacial score (nSPS) is 11.1. The van der Waals surface area contributed by atoms with E-state index < -0.39 is 15.9 Å². The molecule has 1 N–H and O–H groups in total. The van der Waals surface area contributed by atoms with Crippen LogP contribution in [0.3, 0.4) is 0 Å². The molecule has 0 atom stereocenters. The lowest BCUT2D eigenvalue weighted by molar-refractivity contribution is 0.0688. The van der Waals surface area contributed by atoms with Crippen molar-refractivity contribution in [1.29, 1.82) is 0 Å². The van der Waals surface area contributed by atoms with Crippen molar-refractivity contribution in [2.45, 2.75) is 4.90 Å². The van der Waals surface area contributed by atoms with Crippen molar-refractivity contribution in [2.75, 3.05) is 37.7 Å². The Kier molecular flexibility index (Phi) is 7.80. The van der Waals surface area contributed by atoms with Crippen molar-refractivity contribution in [1.82, 2.24) is 9.88 Å². The van der Waals surface area contributed by atoms with E-state index in [1.165, 1.54) is 24.1 Å². The fraction of sp³-hybridized carbons (Fsp3) is 0.217. The Morgan fingerprint density at radius 2 is 1.66 bits per heavy atom.